The lowest BCUT2D eigenvalue weighted by molar-refractivity contribution is -0.142. The first-order valence-electron chi connectivity index (χ1n) is 7.81. The maximum Gasteiger partial charge on any atom is 0.306 e. The van der Waals surface area contributed by atoms with Crippen molar-refractivity contribution in [1.29, 1.82) is 0 Å². The number of Topliss-reactive ketones (excluding diaryl/α,β-unsaturated/α-hetero) is 1. The zero-order chi connectivity index (χ0) is 15.4. The van der Waals surface area contributed by atoms with Crippen molar-refractivity contribution in [3.05, 3.63) is 23.8 Å². The smallest absolute Gasteiger partial charge is 0.306 e. The Kier molecular flexibility index (Phi) is 4.61. The van der Waals surface area contributed by atoms with Crippen LogP contribution < -0.4 is 9.47 Å². The van der Waals surface area contributed by atoms with E-state index in [2.05, 4.69) is 0 Å². The molecule has 1 fully saturated rings. The maximum absolute atomic E-state index is 12.0. The number of ketones is 1. The Bertz CT molecular complexity index is 560. The summed E-state index contributed by atoms with van der Waals surface area (Å²) >= 11 is 0. The van der Waals surface area contributed by atoms with Crippen LogP contribution >= 0.6 is 0 Å². The summed E-state index contributed by atoms with van der Waals surface area (Å²) in [6.45, 7) is -0.0493. The fourth-order valence-electron chi connectivity index (χ4n) is 2.99. The van der Waals surface area contributed by atoms with E-state index in [4.69, 9.17) is 14.2 Å². The van der Waals surface area contributed by atoms with Gasteiger partial charge in [-0.05, 0) is 30.5 Å². The predicted octanol–water partition coefficient (Wildman–Crippen LogP) is 3.11. The SMILES string of the molecule is O=C(CCC1CCCC1)OCC(=O)c1ccc2c(c1)OCO2. The van der Waals surface area contributed by atoms with Crippen molar-refractivity contribution in [3.8, 4) is 11.5 Å². The molecule has 0 N–H and O–H groups in total. The second-order valence-electron chi connectivity index (χ2n) is 5.84. The zero-order valence-electron chi connectivity index (χ0n) is 12.5. The minimum absolute atomic E-state index is 0.170. The summed E-state index contributed by atoms with van der Waals surface area (Å²) in [7, 11) is 0. The number of esters is 1. The van der Waals surface area contributed by atoms with Crippen molar-refractivity contribution in [2.24, 2.45) is 5.92 Å². The van der Waals surface area contributed by atoms with Crippen LogP contribution in [-0.2, 0) is 9.53 Å². The van der Waals surface area contributed by atoms with Gasteiger partial charge in [0.15, 0.2) is 23.9 Å². The number of rotatable bonds is 6. The van der Waals surface area contributed by atoms with Gasteiger partial charge in [0.05, 0.1) is 0 Å². The summed E-state index contributed by atoms with van der Waals surface area (Å²) in [5.41, 5.74) is 0.466. The lowest BCUT2D eigenvalue weighted by atomic mass is 10.0. The molecule has 1 heterocycles. The molecular weight excluding hydrogens is 284 g/mol. The molecule has 0 bridgehead atoms. The van der Waals surface area contributed by atoms with Crippen molar-refractivity contribution in [3.63, 3.8) is 0 Å². The van der Waals surface area contributed by atoms with E-state index in [-0.39, 0.29) is 25.2 Å². The molecule has 0 radical (unpaired) electrons. The van der Waals surface area contributed by atoms with E-state index in [0.717, 1.165) is 6.42 Å². The van der Waals surface area contributed by atoms with E-state index >= 15 is 0 Å². The molecule has 0 aromatic heterocycles. The molecule has 2 aliphatic rings. The average molecular weight is 304 g/mol. The van der Waals surface area contributed by atoms with Gasteiger partial charge in [0, 0.05) is 12.0 Å². The maximum atomic E-state index is 12.0. The van der Waals surface area contributed by atoms with Crippen molar-refractivity contribution in [1.82, 2.24) is 0 Å². The molecule has 0 amide bonds. The molecule has 5 heteroatoms. The van der Waals surface area contributed by atoms with Gasteiger partial charge >= 0.3 is 5.97 Å². The van der Waals surface area contributed by atoms with E-state index in [0.29, 0.717) is 29.4 Å². The highest BCUT2D eigenvalue weighted by Crippen LogP contribution is 2.32. The third-order valence-corrected chi connectivity index (χ3v) is 4.29. The molecule has 3 rings (SSSR count). The van der Waals surface area contributed by atoms with Gasteiger partial charge in [0.2, 0.25) is 6.79 Å². The molecule has 0 unspecified atom stereocenters. The largest absolute Gasteiger partial charge is 0.457 e. The minimum atomic E-state index is -0.291. The van der Waals surface area contributed by atoms with Crippen LogP contribution in [0.1, 0.15) is 48.9 Å². The Hall–Kier alpha value is -2.04. The molecule has 1 saturated carbocycles. The second-order valence-corrected chi connectivity index (χ2v) is 5.84. The monoisotopic (exact) mass is 304 g/mol. The van der Waals surface area contributed by atoms with Crippen molar-refractivity contribution in [2.45, 2.75) is 38.5 Å². The summed E-state index contributed by atoms with van der Waals surface area (Å²) in [4.78, 5) is 23.7. The number of hydrogen-bond donors (Lipinski definition) is 0. The van der Waals surface area contributed by atoms with Crippen LogP contribution in [0.5, 0.6) is 11.5 Å². The number of hydrogen-bond acceptors (Lipinski definition) is 5. The highest BCUT2D eigenvalue weighted by Gasteiger charge is 2.19. The number of fused-ring (bicyclic) bond motifs is 1. The van der Waals surface area contributed by atoms with E-state index in [1.807, 2.05) is 0 Å². The van der Waals surface area contributed by atoms with Crippen LogP contribution in [0.15, 0.2) is 18.2 Å². The van der Waals surface area contributed by atoms with Crippen LogP contribution in [0.3, 0.4) is 0 Å². The van der Waals surface area contributed by atoms with Crippen molar-refractivity contribution >= 4 is 11.8 Å². The molecule has 0 atom stereocenters. The molecule has 22 heavy (non-hydrogen) atoms. The van der Waals surface area contributed by atoms with Crippen LogP contribution in [0.4, 0.5) is 0 Å². The lowest BCUT2D eigenvalue weighted by Gasteiger charge is -2.08. The molecule has 0 saturated heterocycles. The van der Waals surface area contributed by atoms with Crippen molar-refractivity contribution < 1.29 is 23.8 Å². The normalized spacial score (nSPS) is 16.7. The third-order valence-electron chi connectivity index (χ3n) is 4.29. The fraction of sp³-hybridized carbons (Fsp3) is 0.529. The summed E-state index contributed by atoms with van der Waals surface area (Å²) in [5, 5.41) is 0. The Morgan fingerprint density at radius 1 is 1.14 bits per heavy atom. The van der Waals surface area contributed by atoms with Crippen LogP contribution in [0.2, 0.25) is 0 Å². The summed E-state index contributed by atoms with van der Waals surface area (Å²) in [6, 6.07) is 4.97. The van der Waals surface area contributed by atoms with E-state index in [1.54, 1.807) is 18.2 Å². The highest BCUT2D eigenvalue weighted by atomic mass is 16.7. The van der Waals surface area contributed by atoms with E-state index in [1.165, 1.54) is 25.7 Å². The minimum Gasteiger partial charge on any atom is -0.457 e. The first-order valence-corrected chi connectivity index (χ1v) is 7.81. The predicted molar refractivity (Wildman–Crippen MR) is 79.0 cm³/mol. The summed E-state index contributed by atoms with van der Waals surface area (Å²) in [5.74, 6) is 1.31. The second kappa shape index (κ2) is 6.81. The molecule has 1 aromatic rings. The number of ether oxygens (including phenoxy) is 3. The standard InChI is InChI=1S/C17H20O5/c18-14(13-6-7-15-16(9-13)22-11-21-15)10-20-17(19)8-5-12-3-1-2-4-12/h6-7,9,12H,1-5,8,10-11H2. The Morgan fingerprint density at radius 3 is 2.73 bits per heavy atom. The first-order chi connectivity index (χ1) is 10.7. The Labute approximate surface area is 129 Å². The topological polar surface area (TPSA) is 61.8 Å². The van der Waals surface area contributed by atoms with Gasteiger partial charge in [-0.3, -0.25) is 9.59 Å². The Balaban J connectivity index is 1.44. The molecule has 1 aliphatic heterocycles. The quantitative estimate of drug-likeness (QED) is 0.597. The molecule has 5 nitrogen and oxygen atoms in total. The van der Waals surface area contributed by atoms with Crippen LogP contribution in [-0.4, -0.2) is 25.2 Å². The lowest BCUT2D eigenvalue weighted by Crippen LogP contribution is -2.14. The molecule has 1 aliphatic carbocycles. The van der Waals surface area contributed by atoms with Gasteiger partial charge in [0.1, 0.15) is 0 Å². The third kappa shape index (κ3) is 3.59. The zero-order valence-corrected chi connectivity index (χ0v) is 12.5. The van der Waals surface area contributed by atoms with Gasteiger partial charge in [-0.1, -0.05) is 25.7 Å². The van der Waals surface area contributed by atoms with Crippen molar-refractivity contribution in [2.75, 3.05) is 13.4 Å². The highest BCUT2D eigenvalue weighted by molar-refractivity contribution is 5.98. The molecule has 0 spiro atoms. The number of carbonyl (C=O) groups excluding carboxylic acids is 2. The van der Waals surface area contributed by atoms with Crippen LogP contribution in [0.25, 0.3) is 0 Å². The van der Waals surface area contributed by atoms with Gasteiger partial charge in [-0.15, -0.1) is 0 Å². The summed E-state index contributed by atoms with van der Waals surface area (Å²) < 4.78 is 15.5. The van der Waals surface area contributed by atoms with Gasteiger partial charge < -0.3 is 14.2 Å². The number of carbonyl (C=O) groups is 2. The molecule has 1 aromatic carbocycles. The molecule has 118 valence electrons. The van der Waals surface area contributed by atoms with Gasteiger partial charge in [-0.2, -0.15) is 0 Å². The van der Waals surface area contributed by atoms with Gasteiger partial charge in [0.25, 0.3) is 0 Å². The van der Waals surface area contributed by atoms with E-state index < -0.39 is 0 Å². The fourth-order valence-corrected chi connectivity index (χ4v) is 2.99. The van der Waals surface area contributed by atoms with E-state index in [9.17, 15) is 9.59 Å². The van der Waals surface area contributed by atoms with Crippen LogP contribution in [0, 0.1) is 5.92 Å². The Morgan fingerprint density at radius 2 is 1.91 bits per heavy atom. The average Bonchev–Trinajstić information content (AvgIpc) is 3.20. The van der Waals surface area contributed by atoms with Gasteiger partial charge in [-0.25, -0.2) is 0 Å². The summed E-state index contributed by atoms with van der Waals surface area (Å²) in [6.07, 6.45) is 6.23. The number of benzene rings is 1. The first kappa shape index (κ1) is 14.9. The molecular formula is C17H20O5.